The van der Waals surface area contributed by atoms with E-state index in [4.69, 9.17) is 5.73 Å². The number of fused-ring (bicyclic) bond motifs is 6. The third-order valence-electron chi connectivity index (χ3n) is 6.51. The van der Waals surface area contributed by atoms with Crippen LogP contribution in [0.15, 0.2) is 18.2 Å². The molecule has 4 unspecified atom stereocenters. The largest absolute Gasteiger partial charge is 0.399 e. The van der Waals surface area contributed by atoms with Crippen molar-refractivity contribution in [3.63, 3.8) is 0 Å². The molecule has 5 rings (SSSR count). The minimum atomic E-state index is 0.347. The highest BCUT2D eigenvalue weighted by Gasteiger charge is 2.68. The Morgan fingerprint density at radius 1 is 1.19 bits per heavy atom. The van der Waals surface area contributed by atoms with Gasteiger partial charge in [-0.15, -0.1) is 0 Å². The van der Waals surface area contributed by atoms with Crippen LogP contribution in [0.5, 0.6) is 0 Å². The van der Waals surface area contributed by atoms with Crippen molar-refractivity contribution < 1.29 is 4.79 Å². The quantitative estimate of drug-likeness (QED) is 0.805. The van der Waals surface area contributed by atoms with E-state index < -0.39 is 0 Å². The lowest BCUT2D eigenvalue weighted by Crippen LogP contribution is -2.37. The third kappa shape index (κ3) is 1.58. The zero-order chi connectivity index (χ0) is 14.1. The van der Waals surface area contributed by atoms with Crippen molar-refractivity contribution in [2.75, 3.05) is 17.2 Å². The zero-order valence-corrected chi connectivity index (χ0v) is 12.3. The van der Waals surface area contributed by atoms with Gasteiger partial charge >= 0.3 is 0 Å². The number of amides is 1. The minimum absolute atomic E-state index is 0.347. The fourth-order valence-electron chi connectivity index (χ4n) is 5.68. The molecule has 0 spiro atoms. The molecule has 2 N–H and O–H groups in total. The summed E-state index contributed by atoms with van der Waals surface area (Å²) in [5, 5.41) is 0. The van der Waals surface area contributed by atoms with Gasteiger partial charge in [-0.25, -0.2) is 0 Å². The van der Waals surface area contributed by atoms with Gasteiger partial charge in [-0.2, -0.15) is 0 Å². The predicted octanol–water partition coefficient (Wildman–Crippen LogP) is 2.84. The van der Waals surface area contributed by atoms with Crippen molar-refractivity contribution in [2.45, 2.75) is 32.1 Å². The SMILES string of the molecule is Nc1ccc2c(c1)CCCN2C(=O)C1C2C3CCC(C3)C12. The van der Waals surface area contributed by atoms with Gasteiger partial charge in [0, 0.05) is 23.8 Å². The number of anilines is 2. The number of aryl methyl sites for hydroxylation is 1. The molecular formula is C18H22N2O. The highest BCUT2D eigenvalue weighted by Crippen LogP contribution is 2.69. The molecule has 3 heteroatoms. The second kappa shape index (κ2) is 4.02. The van der Waals surface area contributed by atoms with Crippen LogP contribution in [0.25, 0.3) is 0 Å². The number of nitrogen functional groups attached to an aromatic ring is 1. The Bertz CT molecular complexity index is 610. The van der Waals surface area contributed by atoms with Crippen LogP contribution >= 0.6 is 0 Å². The Morgan fingerprint density at radius 2 is 1.95 bits per heavy atom. The standard InChI is InChI=1S/C18H22N2O/c19-13-5-6-14-10(9-13)2-1-7-20(14)18(21)17-15-11-3-4-12(8-11)16(15)17/h5-6,9,11-12,15-17H,1-4,7-8,19H2. The summed E-state index contributed by atoms with van der Waals surface area (Å²) in [6, 6.07) is 6.03. The van der Waals surface area contributed by atoms with Crippen LogP contribution in [0.3, 0.4) is 0 Å². The van der Waals surface area contributed by atoms with Crippen LogP contribution in [-0.4, -0.2) is 12.5 Å². The Kier molecular flexibility index (Phi) is 2.31. The first-order chi connectivity index (χ1) is 10.2. The number of rotatable bonds is 1. The molecule has 4 aliphatic rings. The highest BCUT2D eigenvalue weighted by atomic mass is 16.2. The molecule has 3 fully saturated rings. The Labute approximate surface area is 125 Å². The smallest absolute Gasteiger partial charge is 0.230 e. The van der Waals surface area contributed by atoms with Gasteiger partial charge in [-0.1, -0.05) is 0 Å². The van der Waals surface area contributed by atoms with E-state index >= 15 is 0 Å². The average molecular weight is 282 g/mol. The van der Waals surface area contributed by atoms with Crippen molar-refractivity contribution in [1.82, 2.24) is 0 Å². The van der Waals surface area contributed by atoms with Crippen molar-refractivity contribution in [2.24, 2.45) is 29.6 Å². The van der Waals surface area contributed by atoms with Gasteiger partial charge in [-0.3, -0.25) is 4.79 Å². The Balaban J connectivity index is 1.44. The van der Waals surface area contributed by atoms with Gasteiger partial charge in [-0.05, 0) is 79.5 Å². The maximum absolute atomic E-state index is 13.0. The molecule has 110 valence electrons. The number of carbonyl (C=O) groups excluding carboxylic acids is 1. The lowest BCUT2D eigenvalue weighted by molar-refractivity contribution is -0.120. The van der Waals surface area contributed by atoms with E-state index in [2.05, 4.69) is 11.0 Å². The topological polar surface area (TPSA) is 46.3 Å². The molecule has 1 aromatic rings. The molecule has 2 bridgehead atoms. The average Bonchev–Trinajstić information content (AvgIpc) is 2.93. The Morgan fingerprint density at radius 3 is 2.71 bits per heavy atom. The summed E-state index contributed by atoms with van der Waals surface area (Å²) < 4.78 is 0. The first-order valence-corrected chi connectivity index (χ1v) is 8.44. The molecule has 21 heavy (non-hydrogen) atoms. The first kappa shape index (κ1) is 12.1. The van der Waals surface area contributed by atoms with Crippen LogP contribution in [0.4, 0.5) is 11.4 Å². The highest BCUT2D eigenvalue weighted by molar-refractivity contribution is 5.98. The van der Waals surface area contributed by atoms with Gasteiger partial charge < -0.3 is 10.6 Å². The van der Waals surface area contributed by atoms with E-state index in [0.29, 0.717) is 11.8 Å². The fraction of sp³-hybridized carbons (Fsp3) is 0.611. The van der Waals surface area contributed by atoms with Gasteiger partial charge in [0.05, 0.1) is 0 Å². The maximum Gasteiger partial charge on any atom is 0.230 e. The number of carbonyl (C=O) groups is 1. The van der Waals surface area contributed by atoms with Crippen LogP contribution in [0.1, 0.15) is 31.2 Å². The van der Waals surface area contributed by atoms with Gasteiger partial charge in [0.2, 0.25) is 5.91 Å². The monoisotopic (exact) mass is 282 g/mol. The molecule has 3 aliphatic carbocycles. The fourth-order valence-corrected chi connectivity index (χ4v) is 5.68. The van der Waals surface area contributed by atoms with E-state index in [1.54, 1.807) is 0 Å². The zero-order valence-electron chi connectivity index (χ0n) is 12.3. The normalized spacial score (nSPS) is 39.0. The Hall–Kier alpha value is -1.51. The summed E-state index contributed by atoms with van der Waals surface area (Å²) in [5.41, 5.74) is 9.08. The summed E-state index contributed by atoms with van der Waals surface area (Å²) >= 11 is 0. The molecule has 1 aliphatic heterocycles. The van der Waals surface area contributed by atoms with Crippen LogP contribution in [0, 0.1) is 29.6 Å². The van der Waals surface area contributed by atoms with E-state index in [0.717, 1.165) is 54.4 Å². The van der Waals surface area contributed by atoms with Crippen molar-refractivity contribution >= 4 is 17.3 Å². The molecule has 0 aromatic heterocycles. The summed E-state index contributed by atoms with van der Waals surface area (Å²) in [6.45, 7) is 0.890. The van der Waals surface area contributed by atoms with Crippen molar-refractivity contribution in [1.29, 1.82) is 0 Å². The van der Waals surface area contributed by atoms with E-state index in [-0.39, 0.29) is 0 Å². The van der Waals surface area contributed by atoms with Crippen LogP contribution < -0.4 is 10.6 Å². The molecule has 0 radical (unpaired) electrons. The molecule has 0 saturated heterocycles. The summed E-state index contributed by atoms with van der Waals surface area (Å²) in [7, 11) is 0. The first-order valence-electron chi connectivity index (χ1n) is 8.44. The molecule has 3 saturated carbocycles. The van der Waals surface area contributed by atoms with Crippen LogP contribution in [0.2, 0.25) is 0 Å². The number of hydrogen-bond donors (Lipinski definition) is 1. The number of nitrogens with zero attached hydrogens (tertiary/aromatic N) is 1. The molecule has 1 amide bonds. The van der Waals surface area contributed by atoms with Gasteiger partial charge in [0.15, 0.2) is 0 Å². The van der Waals surface area contributed by atoms with E-state index in [9.17, 15) is 4.79 Å². The number of benzene rings is 1. The maximum atomic E-state index is 13.0. The van der Waals surface area contributed by atoms with Crippen molar-refractivity contribution in [3.05, 3.63) is 23.8 Å². The minimum Gasteiger partial charge on any atom is -0.399 e. The van der Waals surface area contributed by atoms with Gasteiger partial charge in [0.1, 0.15) is 0 Å². The summed E-state index contributed by atoms with van der Waals surface area (Å²) in [6.07, 6.45) is 6.28. The predicted molar refractivity (Wildman–Crippen MR) is 82.8 cm³/mol. The molecule has 1 aromatic carbocycles. The second-order valence-electron chi connectivity index (χ2n) is 7.50. The number of nitrogens with two attached hydrogens (primary N) is 1. The number of hydrogen-bond acceptors (Lipinski definition) is 2. The van der Waals surface area contributed by atoms with Gasteiger partial charge in [0.25, 0.3) is 0 Å². The summed E-state index contributed by atoms with van der Waals surface area (Å²) in [4.78, 5) is 15.1. The summed E-state index contributed by atoms with van der Waals surface area (Å²) in [5.74, 6) is 3.95. The molecule has 3 nitrogen and oxygen atoms in total. The lowest BCUT2D eigenvalue weighted by Gasteiger charge is -2.30. The third-order valence-corrected chi connectivity index (χ3v) is 6.51. The van der Waals surface area contributed by atoms with E-state index in [1.165, 1.54) is 24.8 Å². The van der Waals surface area contributed by atoms with E-state index in [1.807, 2.05) is 12.1 Å². The molecular weight excluding hydrogens is 260 g/mol. The van der Waals surface area contributed by atoms with Crippen LogP contribution in [-0.2, 0) is 11.2 Å². The second-order valence-corrected chi connectivity index (χ2v) is 7.50. The molecule has 4 atom stereocenters. The van der Waals surface area contributed by atoms with Crippen molar-refractivity contribution in [3.8, 4) is 0 Å². The lowest BCUT2D eigenvalue weighted by atomic mass is 9.98. The molecule has 1 heterocycles.